The van der Waals surface area contributed by atoms with Crippen molar-refractivity contribution >= 4 is 17.7 Å². The van der Waals surface area contributed by atoms with Gasteiger partial charge >= 0.3 is 6.09 Å². The van der Waals surface area contributed by atoms with Crippen LogP contribution >= 0.6 is 0 Å². The average molecular weight is 614 g/mol. The summed E-state index contributed by atoms with van der Waals surface area (Å²) in [6.07, 6.45) is 1.06. The number of nitrogens with zero attached hydrogens (tertiary/aromatic N) is 3. The molecule has 3 aromatic carbocycles. The molecule has 0 bridgehead atoms. The molecule has 0 aromatic heterocycles. The van der Waals surface area contributed by atoms with Gasteiger partial charge in [0.2, 0.25) is 0 Å². The van der Waals surface area contributed by atoms with Crippen LogP contribution in [0.5, 0.6) is 11.5 Å². The molecule has 0 saturated carbocycles. The van der Waals surface area contributed by atoms with Crippen molar-refractivity contribution in [3.8, 4) is 17.6 Å². The normalized spacial score (nSPS) is 16.1. The van der Waals surface area contributed by atoms with Crippen LogP contribution in [0.25, 0.3) is 0 Å². The topological polar surface area (TPSA) is 101 Å². The fourth-order valence-electron chi connectivity index (χ4n) is 5.52. The highest BCUT2D eigenvalue weighted by Gasteiger charge is 2.39. The first kappa shape index (κ1) is 33.3. The highest BCUT2D eigenvalue weighted by molar-refractivity contribution is 6.06. The largest absolute Gasteiger partial charge is 0.493 e. The SMILES string of the molecule is COCCCOc1cc(C(=O)N(C[C@H]2CN(C(=O)OC(C)(C)C)C[C@@H]2Cc2ccccc2)c2cccc(C#N)c2)ccc1OC. The van der Waals surface area contributed by atoms with E-state index in [1.165, 1.54) is 0 Å². The Morgan fingerprint density at radius 3 is 2.38 bits per heavy atom. The number of carbonyl (C=O) groups excluding carboxylic acids is 2. The molecule has 0 radical (unpaired) electrons. The molecule has 2 amide bonds. The molecule has 4 rings (SSSR count). The lowest BCUT2D eigenvalue weighted by atomic mass is 9.89. The number of methoxy groups -OCH3 is 2. The minimum Gasteiger partial charge on any atom is -0.493 e. The summed E-state index contributed by atoms with van der Waals surface area (Å²) < 4.78 is 22.3. The molecule has 3 aromatic rings. The number of amides is 2. The molecule has 0 N–H and O–H groups in total. The van der Waals surface area contributed by atoms with Crippen molar-refractivity contribution in [1.82, 2.24) is 4.90 Å². The minimum absolute atomic E-state index is 0.0598. The number of rotatable bonds is 12. The van der Waals surface area contributed by atoms with Crippen molar-refractivity contribution in [3.63, 3.8) is 0 Å². The Balaban J connectivity index is 1.67. The van der Waals surface area contributed by atoms with Crippen LogP contribution in [0, 0.1) is 23.2 Å². The van der Waals surface area contributed by atoms with E-state index in [0.717, 1.165) is 12.0 Å². The van der Waals surface area contributed by atoms with Gasteiger partial charge in [-0.3, -0.25) is 4.79 Å². The molecule has 1 saturated heterocycles. The van der Waals surface area contributed by atoms with Crippen LogP contribution in [0.4, 0.5) is 10.5 Å². The van der Waals surface area contributed by atoms with Gasteiger partial charge in [-0.2, -0.15) is 5.26 Å². The van der Waals surface area contributed by atoms with Crippen LogP contribution < -0.4 is 14.4 Å². The zero-order valence-electron chi connectivity index (χ0n) is 26.8. The summed E-state index contributed by atoms with van der Waals surface area (Å²) in [5.74, 6) is 0.752. The molecule has 1 heterocycles. The van der Waals surface area contributed by atoms with Crippen LogP contribution in [-0.2, 0) is 15.9 Å². The molecule has 0 unspecified atom stereocenters. The fraction of sp³-hybridized carbons (Fsp3) is 0.417. The number of anilines is 1. The minimum atomic E-state index is -0.623. The van der Waals surface area contributed by atoms with Gasteiger partial charge in [0.1, 0.15) is 5.60 Å². The molecular weight excluding hydrogens is 570 g/mol. The van der Waals surface area contributed by atoms with Crippen molar-refractivity contribution in [2.45, 2.75) is 39.2 Å². The lowest BCUT2D eigenvalue weighted by Gasteiger charge is -2.29. The molecule has 1 aliphatic rings. The van der Waals surface area contributed by atoms with Gasteiger partial charge in [0.25, 0.3) is 5.91 Å². The molecule has 1 aliphatic heterocycles. The van der Waals surface area contributed by atoms with Crippen LogP contribution in [0.1, 0.15) is 48.7 Å². The van der Waals surface area contributed by atoms with Crippen molar-refractivity contribution in [2.24, 2.45) is 11.8 Å². The number of likely N-dealkylation sites (tertiary alicyclic amines) is 1. The average Bonchev–Trinajstić information content (AvgIpc) is 3.43. The second kappa shape index (κ2) is 15.4. The lowest BCUT2D eigenvalue weighted by Crippen LogP contribution is -2.39. The van der Waals surface area contributed by atoms with Gasteiger partial charge < -0.3 is 28.7 Å². The Bertz CT molecular complexity index is 1480. The van der Waals surface area contributed by atoms with Crippen molar-refractivity contribution in [1.29, 1.82) is 5.26 Å². The van der Waals surface area contributed by atoms with Gasteiger partial charge in [0.05, 0.1) is 25.3 Å². The van der Waals surface area contributed by atoms with E-state index in [0.29, 0.717) is 67.6 Å². The number of carbonyl (C=O) groups is 2. The highest BCUT2D eigenvalue weighted by Crippen LogP contribution is 2.33. The summed E-state index contributed by atoms with van der Waals surface area (Å²) in [5.41, 5.74) is 2.01. The van der Waals surface area contributed by atoms with Crippen molar-refractivity contribution < 1.29 is 28.5 Å². The van der Waals surface area contributed by atoms with Crippen molar-refractivity contribution in [3.05, 3.63) is 89.5 Å². The maximum atomic E-state index is 14.4. The molecule has 1 fully saturated rings. The summed E-state index contributed by atoms with van der Waals surface area (Å²) in [4.78, 5) is 31.0. The Hall–Kier alpha value is -4.55. The number of hydrogen-bond acceptors (Lipinski definition) is 7. The first-order valence-electron chi connectivity index (χ1n) is 15.3. The molecule has 45 heavy (non-hydrogen) atoms. The third-order valence-electron chi connectivity index (χ3n) is 7.68. The number of hydrogen-bond donors (Lipinski definition) is 0. The van der Waals surface area contributed by atoms with Gasteiger partial charge in [-0.25, -0.2) is 4.79 Å². The maximum Gasteiger partial charge on any atom is 0.410 e. The van der Waals surface area contributed by atoms with E-state index in [4.69, 9.17) is 18.9 Å². The standard InChI is InChI=1S/C36H43N3O6/c1-36(2,3)45-35(41)38-23-29(19-26-11-7-6-8-12-26)30(24-38)25-39(31-14-9-13-27(20-31)22-37)34(40)28-15-16-32(43-5)33(21-28)44-18-10-17-42-4/h6-9,11-16,20-21,29-30H,10,17-19,23-25H2,1-5H3/t29-,30+/m0/s1. The third kappa shape index (κ3) is 9.22. The zero-order chi connectivity index (χ0) is 32.4. The second-order valence-electron chi connectivity index (χ2n) is 12.2. The van der Waals surface area contributed by atoms with E-state index in [1.54, 1.807) is 60.4 Å². The Morgan fingerprint density at radius 2 is 1.69 bits per heavy atom. The van der Waals surface area contributed by atoms with Gasteiger partial charge in [-0.15, -0.1) is 0 Å². The molecule has 2 atom stereocenters. The maximum absolute atomic E-state index is 14.4. The summed E-state index contributed by atoms with van der Waals surface area (Å²) in [5, 5.41) is 9.64. The highest BCUT2D eigenvalue weighted by atomic mass is 16.6. The van der Waals surface area contributed by atoms with Crippen molar-refractivity contribution in [2.75, 3.05) is 52.0 Å². The van der Waals surface area contributed by atoms with Gasteiger partial charge in [-0.1, -0.05) is 36.4 Å². The fourth-order valence-corrected chi connectivity index (χ4v) is 5.52. The van der Waals surface area contributed by atoms with E-state index < -0.39 is 5.60 Å². The van der Waals surface area contributed by atoms with E-state index in [1.807, 2.05) is 45.0 Å². The van der Waals surface area contributed by atoms with E-state index in [9.17, 15) is 14.9 Å². The second-order valence-corrected chi connectivity index (χ2v) is 12.2. The lowest BCUT2D eigenvalue weighted by molar-refractivity contribution is 0.0284. The zero-order valence-corrected chi connectivity index (χ0v) is 26.8. The number of nitriles is 1. The van der Waals surface area contributed by atoms with Crippen LogP contribution in [0.2, 0.25) is 0 Å². The first-order chi connectivity index (χ1) is 21.6. The Kier molecular flexibility index (Phi) is 11.4. The van der Waals surface area contributed by atoms with Crippen LogP contribution in [0.15, 0.2) is 72.8 Å². The van der Waals surface area contributed by atoms with E-state index in [-0.39, 0.29) is 23.8 Å². The quantitative estimate of drug-likeness (QED) is 0.219. The third-order valence-corrected chi connectivity index (χ3v) is 7.68. The predicted octanol–water partition coefficient (Wildman–Crippen LogP) is 6.35. The summed E-state index contributed by atoms with van der Waals surface area (Å²) in [6, 6.07) is 24.5. The smallest absolute Gasteiger partial charge is 0.410 e. The predicted molar refractivity (Wildman–Crippen MR) is 173 cm³/mol. The Labute approximate surface area is 266 Å². The summed E-state index contributed by atoms with van der Waals surface area (Å²) in [6.45, 7) is 7.80. The molecule has 9 nitrogen and oxygen atoms in total. The molecule has 9 heteroatoms. The van der Waals surface area contributed by atoms with Gasteiger partial charge in [0.15, 0.2) is 11.5 Å². The summed E-state index contributed by atoms with van der Waals surface area (Å²) >= 11 is 0. The van der Waals surface area contributed by atoms with Gasteiger partial charge in [-0.05, 0) is 81.0 Å². The van der Waals surface area contributed by atoms with Gasteiger partial charge in [0, 0.05) is 51.0 Å². The number of ether oxygens (including phenoxy) is 4. The number of benzene rings is 3. The molecule has 238 valence electrons. The van der Waals surface area contributed by atoms with Crippen LogP contribution in [-0.4, -0.2) is 69.6 Å². The summed E-state index contributed by atoms with van der Waals surface area (Å²) in [7, 11) is 3.19. The first-order valence-corrected chi connectivity index (χ1v) is 15.3. The molecule has 0 aliphatic carbocycles. The Morgan fingerprint density at radius 1 is 0.933 bits per heavy atom. The molecular formula is C36H43N3O6. The van der Waals surface area contributed by atoms with E-state index >= 15 is 0 Å². The molecule has 0 spiro atoms. The van der Waals surface area contributed by atoms with E-state index in [2.05, 4.69) is 18.2 Å². The monoisotopic (exact) mass is 613 g/mol. The van der Waals surface area contributed by atoms with Crippen LogP contribution in [0.3, 0.4) is 0 Å².